The summed E-state index contributed by atoms with van der Waals surface area (Å²) in [5.74, 6) is 0. The van der Waals surface area contributed by atoms with Gasteiger partial charge in [0.1, 0.15) is 0 Å². The molecule has 1 unspecified atom stereocenters. The molecular weight excluding hydrogens is 198 g/mol. The van der Waals surface area contributed by atoms with Crippen molar-refractivity contribution >= 4 is 5.69 Å². The van der Waals surface area contributed by atoms with Gasteiger partial charge in [-0.25, -0.2) is 0 Å². The van der Waals surface area contributed by atoms with Crippen molar-refractivity contribution in [3.05, 3.63) is 29.8 Å². The van der Waals surface area contributed by atoms with Crippen LogP contribution in [0.4, 0.5) is 5.69 Å². The minimum Gasteiger partial charge on any atom is -0.369 e. The van der Waals surface area contributed by atoms with E-state index in [4.69, 9.17) is 5.26 Å². The standard InChI is InChI=1S/C13H17N3/c1-11-10-16(7-6-15(11)2)13-5-3-4-12(8-13)9-14/h3-5,8,11H,6-7,10H2,1-2H3. The van der Waals surface area contributed by atoms with Crippen molar-refractivity contribution in [2.24, 2.45) is 0 Å². The van der Waals surface area contributed by atoms with Gasteiger partial charge >= 0.3 is 0 Å². The summed E-state index contributed by atoms with van der Waals surface area (Å²) in [4.78, 5) is 4.72. The lowest BCUT2D eigenvalue weighted by Crippen LogP contribution is -2.50. The van der Waals surface area contributed by atoms with Crippen molar-refractivity contribution in [1.82, 2.24) is 4.90 Å². The molecule has 1 atom stereocenters. The second-order valence-corrected chi connectivity index (χ2v) is 4.44. The molecule has 1 aliphatic rings. The Labute approximate surface area is 96.9 Å². The average Bonchev–Trinajstić information content (AvgIpc) is 2.33. The first-order chi connectivity index (χ1) is 7.70. The Balaban J connectivity index is 2.16. The van der Waals surface area contributed by atoms with E-state index in [1.54, 1.807) is 0 Å². The summed E-state index contributed by atoms with van der Waals surface area (Å²) in [6.45, 7) is 5.39. The second-order valence-electron chi connectivity index (χ2n) is 4.44. The molecule has 16 heavy (non-hydrogen) atoms. The van der Waals surface area contributed by atoms with E-state index in [0.29, 0.717) is 6.04 Å². The molecule has 0 aromatic heterocycles. The fraction of sp³-hybridized carbons (Fsp3) is 0.462. The molecule has 1 fully saturated rings. The van der Waals surface area contributed by atoms with Gasteiger partial charge in [-0.1, -0.05) is 6.07 Å². The van der Waals surface area contributed by atoms with Crippen LogP contribution in [0.5, 0.6) is 0 Å². The van der Waals surface area contributed by atoms with Gasteiger partial charge in [-0.2, -0.15) is 5.26 Å². The molecule has 0 saturated carbocycles. The fourth-order valence-electron chi connectivity index (χ4n) is 2.06. The molecule has 3 nitrogen and oxygen atoms in total. The zero-order valence-corrected chi connectivity index (χ0v) is 9.85. The smallest absolute Gasteiger partial charge is 0.0992 e. The van der Waals surface area contributed by atoms with Gasteiger partial charge in [0, 0.05) is 31.4 Å². The molecule has 1 heterocycles. The van der Waals surface area contributed by atoms with Gasteiger partial charge in [0.05, 0.1) is 11.6 Å². The first kappa shape index (κ1) is 11.0. The number of likely N-dealkylation sites (N-methyl/N-ethyl adjacent to an activating group) is 1. The number of hydrogen-bond acceptors (Lipinski definition) is 3. The van der Waals surface area contributed by atoms with Gasteiger partial charge in [0.15, 0.2) is 0 Å². The van der Waals surface area contributed by atoms with Crippen LogP contribution < -0.4 is 4.90 Å². The molecule has 1 aromatic rings. The fourth-order valence-corrected chi connectivity index (χ4v) is 2.06. The highest BCUT2D eigenvalue weighted by molar-refractivity contribution is 5.51. The highest BCUT2D eigenvalue weighted by Gasteiger charge is 2.20. The minimum atomic E-state index is 0.569. The van der Waals surface area contributed by atoms with E-state index in [-0.39, 0.29) is 0 Å². The van der Waals surface area contributed by atoms with Crippen LogP contribution in [0.3, 0.4) is 0 Å². The minimum absolute atomic E-state index is 0.569. The topological polar surface area (TPSA) is 30.3 Å². The van der Waals surface area contributed by atoms with Crippen LogP contribution in [0, 0.1) is 11.3 Å². The van der Waals surface area contributed by atoms with Crippen molar-refractivity contribution in [3.63, 3.8) is 0 Å². The molecule has 2 rings (SSSR count). The van der Waals surface area contributed by atoms with Crippen molar-refractivity contribution in [2.75, 3.05) is 31.6 Å². The molecule has 0 N–H and O–H groups in total. The van der Waals surface area contributed by atoms with Crippen molar-refractivity contribution in [2.45, 2.75) is 13.0 Å². The van der Waals surface area contributed by atoms with Gasteiger partial charge in [-0.15, -0.1) is 0 Å². The van der Waals surface area contributed by atoms with Crippen molar-refractivity contribution in [1.29, 1.82) is 5.26 Å². The maximum atomic E-state index is 8.88. The third-order valence-corrected chi connectivity index (χ3v) is 3.30. The average molecular weight is 215 g/mol. The lowest BCUT2D eigenvalue weighted by Gasteiger charge is -2.39. The SMILES string of the molecule is CC1CN(c2cccc(C#N)c2)CCN1C. The zero-order chi connectivity index (χ0) is 11.5. The number of piperazine rings is 1. The highest BCUT2D eigenvalue weighted by Crippen LogP contribution is 2.19. The van der Waals surface area contributed by atoms with Crippen LogP contribution in [-0.4, -0.2) is 37.6 Å². The molecule has 0 amide bonds. The van der Waals surface area contributed by atoms with Gasteiger partial charge in [0.25, 0.3) is 0 Å². The van der Waals surface area contributed by atoms with Crippen LogP contribution in [0.2, 0.25) is 0 Å². The summed E-state index contributed by atoms with van der Waals surface area (Å²) >= 11 is 0. The first-order valence-electron chi connectivity index (χ1n) is 5.66. The molecule has 0 radical (unpaired) electrons. The van der Waals surface area contributed by atoms with Crippen LogP contribution in [-0.2, 0) is 0 Å². The van der Waals surface area contributed by atoms with E-state index in [2.05, 4.69) is 35.9 Å². The Kier molecular flexibility index (Phi) is 3.12. The number of benzene rings is 1. The van der Waals surface area contributed by atoms with Crippen LogP contribution in [0.15, 0.2) is 24.3 Å². The Morgan fingerprint density at radius 3 is 2.88 bits per heavy atom. The number of nitriles is 1. The maximum absolute atomic E-state index is 8.88. The van der Waals surface area contributed by atoms with E-state index in [1.165, 1.54) is 5.69 Å². The normalized spacial score (nSPS) is 21.8. The summed E-state index contributed by atoms with van der Waals surface area (Å²) < 4.78 is 0. The Morgan fingerprint density at radius 2 is 2.19 bits per heavy atom. The summed E-state index contributed by atoms with van der Waals surface area (Å²) in [5, 5.41) is 8.88. The summed E-state index contributed by atoms with van der Waals surface area (Å²) in [7, 11) is 2.16. The number of hydrogen-bond donors (Lipinski definition) is 0. The third kappa shape index (κ3) is 2.17. The summed E-state index contributed by atoms with van der Waals surface area (Å²) in [6.07, 6.45) is 0. The molecule has 84 valence electrons. The zero-order valence-electron chi connectivity index (χ0n) is 9.85. The molecule has 0 bridgehead atoms. The van der Waals surface area contributed by atoms with E-state index in [0.717, 1.165) is 25.2 Å². The Morgan fingerprint density at radius 1 is 1.38 bits per heavy atom. The van der Waals surface area contributed by atoms with Gasteiger partial charge in [0.2, 0.25) is 0 Å². The Bertz CT molecular complexity index is 408. The summed E-state index contributed by atoms with van der Waals surface area (Å²) in [6, 6.07) is 10.6. The molecule has 3 heteroatoms. The molecule has 0 spiro atoms. The maximum Gasteiger partial charge on any atom is 0.0992 e. The van der Waals surface area contributed by atoms with Gasteiger partial charge in [-0.3, -0.25) is 0 Å². The lowest BCUT2D eigenvalue weighted by molar-refractivity contribution is 0.234. The number of nitrogens with zero attached hydrogens (tertiary/aromatic N) is 3. The molecule has 0 aliphatic carbocycles. The third-order valence-electron chi connectivity index (χ3n) is 3.30. The van der Waals surface area contributed by atoms with Gasteiger partial charge < -0.3 is 9.80 Å². The lowest BCUT2D eigenvalue weighted by atomic mass is 10.1. The highest BCUT2D eigenvalue weighted by atomic mass is 15.3. The summed E-state index contributed by atoms with van der Waals surface area (Å²) in [5.41, 5.74) is 1.91. The largest absolute Gasteiger partial charge is 0.369 e. The molecule has 1 aliphatic heterocycles. The van der Waals surface area contributed by atoms with Crippen LogP contribution in [0.1, 0.15) is 12.5 Å². The van der Waals surface area contributed by atoms with E-state index in [9.17, 15) is 0 Å². The molecule has 1 aromatic carbocycles. The second kappa shape index (κ2) is 4.54. The first-order valence-corrected chi connectivity index (χ1v) is 5.66. The van der Waals surface area contributed by atoms with E-state index >= 15 is 0 Å². The van der Waals surface area contributed by atoms with Crippen LogP contribution >= 0.6 is 0 Å². The molecule has 1 saturated heterocycles. The number of anilines is 1. The predicted molar refractivity (Wildman–Crippen MR) is 65.5 cm³/mol. The molecular formula is C13H17N3. The van der Waals surface area contributed by atoms with E-state index < -0.39 is 0 Å². The van der Waals surface area contributed by atoms with E-state index in [1.807, 2.05) is 18.2 Å². The van der Waals surface area contributed by atoms with Crippen molar-refractivity contribution < 1.29 is 0 Å². The Hall–Kier alpha value is -1.53. The quantitative estimate of drug-likeness (QED) is 0.714. The van der Waals surface area contributed by atoms with Crippen molar-refractivity contribution in [3.8, 4) is 6.07 Å². The van der Waals surface area contributed by atoms with Crippen LogP contribution in [0.25, 0.3) is 0 Å². The monoisotopic (exact) mass is 215 g/mol. The van der Waals surface area contributed by atoms with Gasteiger partial charge in [-0.05, 0) is 32.2 Å². The predicted octanol–water partition coefficient (Wildman–Crippen LogP) is 1.70. The number of rotatable bonds is 1.